The van der Waals surface area contributed by atoms with Gasteiger partial charge in [-0.1, -0.05) is 15.9 Å². The van der Waals surface area contributed by atoms with E-state index in [1.54, 1.807) is 0 Å². The smallest absolute Gasteiger partial charge is 0.276 e. The normalized spacial score (nSPS) is 22.5. The van der Waals surface area contributed by atoms with Crippen LogP contribution in [0.4, 0.5) is 0 Å². The summed E-state index contributed by atoms with van der Waals surface area (Å²) in [6, 6.07) is 0. The predicted molar refractivity (Wildman–Crippen MR) is 58.9 cm³/mol. The highest BCUT2D eigenvalue weighted by atomic mass is 79.9. The van der Waals surface area contributed by atoms with Crippen LogP contribution in [0.1, 0.15) is 29.8 Å². The van der Waals surface area contributed by atoms with Crippen molar-refractivity contribution < 1.29 is 4.79 Å². The van der Waals surface area contributed by atoms with Gasteiger partial charge in [0.1, 0.15) is 0 Å². The second-order valence-corrected chi connectivity index (χ2v) is 4.97. The number of carbonyl (C=O) groups excluding carboxylic acids is 1. The average molecular weight is 273 g/mol. The summed E-state index contributed by atoms with van der Waals surface area (Å²) in [5.74, 6) is -0.0228. The molecule has 5 nitrogen and oxygen atoms in total. The van der Waals surface area contributed by atoms with Crippen LogP contribution < -0.4 is 0 Å². The molecule has 1 atom stereocenters. The monoisotopic (exact) mass is 272 g/mol. The molecule has 1 aromatic heterocycles. The Balaban J connectivity index is 2.01. The Morgan fingerprint density at radius 2 is 2.40 bits per heavy atom. The summed E-state index contributed by atoms with van der Waals surface area (Å²) in [4.78, 5) is 14.3. The summed E-state index contributed by atoms with van der Waals surface area (Å²) in [7, 11) is 0. The Morgan fingerprint density at radius 1 is 1.53 bits per heavy atom. The number of hydrogen-bond donors (Lipinski definition) is 1. The van der Waals surface area contributed by atoms with Gasteiger partial charge in [0, 0.05) is 17.9 Å². The second kappa shape index (κ2) is 4.74. The van der Waals surface area contributed by atoms with Crippen molar-refractivity contribution >= 4 is 21.8 Å². The minimum absolute atomic E-state index is 0.0228. The van der Waals surface area contributed by atoms with Gasteiger partial charge >= 0.3 is 0 Å². The van der Waals surface area contributed by atoms with E-state index >= 15 is 0 Å². The van der Waals surface area contributed by atoms with E-state index in [0.29, 0.717) is 10.5 Å². The van der Waals surface area contributed by atoms with Crippen LogP contribution in [0.15, 0.2) is 6.20 Å². The fraction of sp³-hybridized carbons (Fsp3) is 0.667. The Hall–Kier alpha value is -0.910. The van der Waals surface area contributed by atoms with Crippen LogP contribution in [0.2, 0.25) is 0 Å². The quantitative estimate of drug-likeness (QED) is 0.782. The number of alkyl halides is 1. The van der Waals surface area contributed by atoms with E-state index in [1.165, 1.54) is 6.20 Å². The zero-order valence-electron chi connectivity index (χ0n) is 8.32. The van der Waals surface area contributed by atoms with E-state index in [0.717, 1.165) is 32.4 Å². The highest BCUT2D eigenvalue weighted by Gasteiger charge is 2.21. The summed E-state index contributed by atoms with van der Waals surface area (Å²) in [5.41, 5.74) is 0.406. The molecule has 0 saturated carbocycles. The van der Waals surface area contributed by atoms with Crippen molar-refractivity contribution in [2.75, 3.05) is 13.1 Å². The molecule has 1 saturated heterocycles. The lowest BCUT2D eigenvalue weighted by atomic mass is 10.2. The Bertz CT molecular complexity index is 327. The molecule has 82 valence electrons. The van der Waals surface area contributed by atoms with Crippen LogP contribution in [0.25, 0.3) is 0 Å². The Kier molecular flexibility index (Phi) is 3.35. The number of likely N-dealkylation sites (tertiary alicyclic amines) is 1. The third-order valence-corrected chi connectivity index (χ3v) is 3.49. The Morgan fingerprint density at radius 3 is 3.13 bits per heavy atom. The van der Waals surface area contributed by atoms with Crippen LogP contribution >= 0.6 is 15.9 Å². The van der Waals surface area contributed by atoms with Crippen molar-refractivity contribution in [2.24, 2.45) is 0 Å². The molecule has 2 rings (SSSR count). The van der Waals surface area contributed by atoms with Crippen molar-refractivity contribution in [3.63, 3.8) is 0 Å². The van der Waals surface area contributed by atoms with Gasteiger partial charge in [0.2, 0.25) is 0 Å². The van der Waals surface area contributed by atoms with Gasteiger partial charge in [0.05, 0.1) is 6.20 Å². The van der Waals surface area contributed by atoms with E-state index in [-0.39, 0.29) is 5.91 Å². The number of H-pyrrole nitrogens is 1. The van der Waals surface area contributed by atoms with E-state index in [1.807, 2.05) is 4.90 Å². The highest BCUT2D eigenvalue weighted by Crippen LogP contribution is 2.18. The number of amides is 1. The number of nitrogens with one attached hydrogen (secondary N) is 1. The molecular weight excluding hydrogens is 260 g/mol. The molecule has 1 fully saturated rings. The van der Waals surface area contributed by atoms with Crippen molar-refractivity contribution in [3.8, 4) is 0 Å². The first-order valence-corrected chi connectivity index (χ1v) is 5.98. The first kappa shape index (κ1) is 10.6. The van der Waals surface area contributed by atoms with Crippen LogP contribution in [-0.2, 0) is 0 Å². The van der Waals surface area contributed by atoms with Gasteiger partial charge in [-0.25, -0.2) is 0 Å². The van der Waals surface area contributed by atoms with Gasteiger partial charge < -0.3 is 4.90 Å². The number of nitrogens with zero attached hydrogens (tertiary/aromatic N) is 3. The van der Waals surface area contributed by atoms with Gasteiger partial charge in [-0.3, -0.25) is 4.79 Å². The number of rotatable bonds is 1. The van der Waals surface area contributed by atoms with Gasteiger partial charge in [0.25, 0.3) is 5.91 Å². The maximum Gasteiger partial charge on any atom is 0.276 e. The minimum atomic E-state index is -0.0228. The molecule has 0 spiro atoms. The predicted octanol–water partition coefficient (Wildman–Crippen LogP) is 1.19. The lowest BCUT2D eigenvalue weighted by Gasteiger charge is -2.18. The third kappa shape index (κ3) is 2.56. The van der Waals surface area contributed by atoms with Gasteiger partial charge in [-0.2, -0.15) is 15.4 Å². The lowest BCUT2D eigenvalue weighted by molar-refractivity contribution is 0.0756. The van der Waals surface area contributed by atoms with Crippen molar-refractivity contribution in [1.29, 1.82) is 0 Å². The molecule has 1 aromatic rings. The van der Waals surface area contributed by atoms with Crippen LogP contribution in [0.3, 0.4) is 0 Å². The molecule has 0 radical (unpaired) electrons. The zero-order chi connectivity index (χ0) is 10.7. The van der Waals surface area contributed by atoms with Crippen LogP contribution in [-0.4, -0.2) is 44.1 Å². The fourth-order valence-corrected chi connectivity index (χ4v) is 2.25. The third-order valence-electron chi connectivity index (χ3n) is 2.58. The SMILES string of the molecule is O=C(c1cn[nH]n1)N1CCCC(Br)CC1. The Labute approximate surface area is 96.4 Å². The standard InChI is InChI=1S/C9H13BrN4O/c10-7-2-1-4-14(5-3-7)9(15)8-6-11-13-12-8/h6-7H,1-5H2,(H,11,12,13). The molecule has 6 heteroatoms. The van der Waals surface area contributed by atoms with E-state index in [2.05, 4.69) is 31.3 Å². The van der Waals surface area contributed by atoms with E-state index in [4.69, 9.17) is 0 Å². The molecule has 0 bridgehead atoms. The minimum Gasteiger partial charge on any atom is -0.337 e. The molecule has 15 heavy (non-hydrogen) atoms. The van der Waals surface area contributed by atoms with Crippen molar-refractivity contribution in [1.82, 2.24) is 20.3 Å². The molecule has 1 N–H and O–H groups in total. The van der Waals surface area contributed by atoms with Gasteiger partial charge in [0.15, 0.2) is 5.69 Å². The van der Waals surface area contributed by atoms with Crippen LogP contribution in [0.5, 0.6) is 0 Å². The van der Waals surface area contributed by atoms with Crippen molar-refractivity contribution in [3.05, 3.63) is 11.9 Å². The number of halogens is 1. The fourth-order valence-electron chi connectivity index (χ4n) is 1.73. The number of hydrogen-bond acceptors (Lipinski definition) is 3. The molecular formula is C9H13BrN4O. The highest BCUT2D eigenvalue weighted by molar-refractivity contribution is 9.09. The summed E-state index contributed by atoms with van der Waals surface area (Å²) in [6.45, 7) is 1.61. The van der Waals surface area contributed by atoms with E-state index < -0.39 is 0 Å². The molecule has 2 heterocycles. The number of aromatic nitrogens is 3. The molecule has 1 amide bonds. The first-order chi connectivity index (χ1) is 7.27. The molecule has 1 unspecified atom stereocenters. The maximum absolute atomic E-state index is 11.9. The number of carbonyl (C=O) groups is 1. The lowest BCUT2D eigenvalue weighted by Crippen LogP contribution is -2.32. The second-order valence-electron chi connectivity index (χ2n) is 3.68. The molecule has 0 aliphatic carbocycles. The first-order valence-electron chi connectivity index (χ1n) is 5.06. The molecule has 1 aliphatic heterocycles. The summed E-state index contributed by atoms with van der Waals surface area (Å²) >= 11 is 3.59. The largest absolute Gasteiger partial charge is 0.337 e. The summed E-state index contributed by atoms with van der Waals surface area (Å²) in [5, 5.41) is 9.90. The summed E-state index contributed by atoms with van der Waals surface area (Å²) < 4.78 is 0. The molecule has 0 aromatic carbocycles. The average Bonchev–Trinajstić information content (AvgIpc) is 2.67. The van der Waals surface area contributed by atoms with Gasteiger partial charge in [-0.15, -0.1) is 0 Å². The zero-order valence-corrected chi connectivity index (χ0v) is 9.90. The van der Waals surface area contributed by atoms with Crippen molar-refractivity contribution in [2.45, 2.75) is 24.1 Å². The van der Waals surface area contributed by atoms with Gasteiger partial charge in [-0.05, 0) is 19.3 Å². The summed E-state index contributed by atoms with van der Waals surface area (Å²) in [6.07, 6.45) is 4.64. The van der Waals surface area contributed by atoms with Crippen LogP contribution in [0, 0.1) is 0 Å². The van der Waals surface area contributed by atoms with E-state index in [9.17, 15) is 4.79 Å². The maximum atomic E-state index is 11.9. The number of aromatic amines is 1. The topological polar surface area (TPSA) is 61.9 Å². The molecule has 1 aliphatic rings.